The van der Waals surface area contributed by atoms with Crippen molar-refractivity contribution >= 4 is 0 Å². The van der Waals surface area contributed by atoms with Crippen molar-refractivity contribution in [2.45, 2.75) is 52.1 Å². The third kappa shape index (κ3) is 3.29. The smallest absolute Gasteiger partial charge is 0.223 e. The van der Waals surface area contributed by atoms with E-state index in [0.29, 0.717) is 18.0 Å². The number of nitrogens with zero attached hydrogens (tertiary/aromatic N) is 3. The molecular formula is C13H24N4O. The van der Waals surface area contributed by atoms with Crippen LogP contribution in [0.5, 0.6) is 0 Å². The van der Waals surface area contributed by atoms with Crippen LogP contribution in [-0.2, 0) is 6.42 Å². The zero-order valence-corrected chi connectivity index (χ0v) is 11.6. The van der Waals surface area contributed by atoms with Gasteiger partial charge in [0.25, 0.3) is 0 Å². The largest absolute Gasteiger partial charge is 0.340 e. The minimum Gasteiger partial charge on any atom is -0.340 e. The standard InChI is InChI=1S/C13H24N4O/c1-4-11-9-17(12(5-2)8-14-11)7-6-13-15-10(3)18-16-13/h11-12,14H,4-9H2,1-3H3. The molecule has 0 bridgehead atoms. The molecule has 1 fully saturated rings. The van der Waals surface area contributed by atoms with Crippen LogP contribution in [0.4, 0.5) is 0 Å². The van der Waals surface area contributed by atoms with Crippen molar-refractivity contribution in [3.8, 4) is 0 Å². The number of rotatable bonds is 5. The molecule has 1 saturated heterocycles. The van der Waals surface area contributed by atoms with E-state index in [1.807, 2.05) is 6.92 Å². The second-order valence-corrected chi connectivity index (χ2v) is 5.05. The van der Waals surface area contributed by atoms with Gasteiger partial charge in [0.05, 0.1) is 0 Å². The van der Waals surface area contributed by atoms with Crippen LogP contribution in [0, 0.1) is 6.92 Å². The average Bonchev–Trinajstić information content (AvgIpc) is 2.81. The minimum atomic E-state index is 0.625. The fourth-order valence-electron chi connectivity index (χ4n) is 2.56. The molecule has 18 heavy (non-hydrogen) atoms. The van der Waals surface area contributed by atoms with Crippen LogP contribution in [0.25, 0.3) is 0 Å². The SMILES string of the molecule is CCC1CN(CCc2noc(C)n2)C(CC)CN1. The van der Waals surface area contributed by atoms with E-state index in [4.69, 9.17) is 4.52 Å². The molecule has 102 valence electrons. The second kappa shape index (κ2) is 6.29. The highest BCUT2D eigenvalue weighted by Crippen LogP contribution is 2.12. The first kappa shape index (κ1) is 13.5. The Morgan fingerprint density at radius 2 is 2.22 bits per heavy atom. The first-order valence-corrected chi connectivity index (χ1v) is 6.99. The van der Waals surface area contributed by atoms with Crippen LogP contribution >= 0.6 is 0 Å². The predicted octanol–water partition coefficient (Wildman–Crippen LogP) is 1.38. The van der Waals surface area contributed by atoms with Gasteiger partial charge < -0.3 is 9.84 Å². The van der Waals surface area contributed by atoms with E-state index in [0.717, 1.165) is 31.9 Å². The van der Waals surface area contributed by atoms with E-state index < -0.39 is 0 Å². The minimum absolute atomic E-state index is 0.625. The Morgan fingerprint density at radius 1 is 1.39 bits per heavy atom. The lowest BCUT2D eigenvalue weighted by Gasteiger charge is -2.39. The molecule has 1 aliphatic rings. The molecule has 2 heterocycles. The zero-order chi connectivity index (χ0) is 13.0. The normalized spacial score (nSPS) is 25.5. The average molecular weight is 252 g/mol. The number of nitrogens with one attached hydrogen (secondary N) is 1. The quantitative estimate of drug-likeness (QED) is 0.858. The molecule has 0 spiro atoms. The van der Waals surface area contributed by atoms with Crippen molar-refractivity contribution in [2.75, 3.05) is 19.6 Å². The summed E-state index contributed by atoms with van der Waals surface area (Å²) in [6.07, 6.45) is 3.26. The van der Waals surface area contributed by atoms with Crippen LogP contribution < -0.4 is 5.32 Å². The summed E-state index contributed by atoms with van der Waals surface area (Å²) < 4.78 is 5.01. The summed E-state index contributed by atoms with van der Waals surface area (Å²) in [5, 5.41) is 7.57. The highest BCUT2D eigenvalue weighted by atomic mass is 16.5. The van der Waals surface area contributed by atoms with Crippen molar-refractivity contribution in [3.05, 3.63) is 11.7 Å². The molecule has 1 N–H and O–H groups in total. The Balaban J connectivity index is 1.88. The molecule has 0 aromatic carbocycles. The molecule has 2 atom stereocenters. The number of aromatic nitrogens is 2. The lowest BCUT2D eigenvalue weighted by Crippen LogP contribution is -2.56. The number of hydrogen-bond acceptors (Lipinski definition) is 5. The third-order valence-electron chi connectivity index (χ3n) is 3.77. The summed E-state index contributed by atoms with van der Waals surface area (Å²) in [6.45, 7) is 9.58. The van der Waals surface area contributed by atoms with Crippen molar-refractivity contribution < 1.29 is 4.52 Å². The molecule has 0 saturated carbocycles. The molecule has 1 aliphatic heterocycles. The van der Waals surface area contributed by atoms with Gasteiger partial charge in [-0.15, -0.1) is 0 Å². The molecule has 2 unspecified atom stereocenters. The lowest BCUT2D eigenvalue weighted by molar-refractivity contribution is 0.125. The molecule has 0 amide bonds. The van der Waals surface area contributed by atoms with Gasteiger partial charge in [0.2, 0.25) is 5.89 Å². The van der Waals surface area contributed by atoms with Gasteiger partial charge in [0, 0.05) is 45.1 Å². The Kier molecular flexibility index (Phi) is 4.72. The van der Waals surface area contributed by atoms with Gasteiger partial charge in [0.1, 0.15) is 0 Å². The maximum atomic E-state index is 5.01. The number of aryl methyl sites for hydroxylation is 1. The lowest BCUT2D eigenvalue weighted by atomic mass is 10.0. The number of piperazine rings is 1. The van der Waals surface area contributed by atoms with E-state index in [1.54, 1.807) is 0 Å². The number of hydrogen-bond donors (Lipinski definition) is 1. The van der Waals surface area contributed by atoms with E-state index in [-0.39, 0.29) is 0 Å². The second-order valence-electron chi connectivity index (χ2n) is 5.05. The molecule has 0 radical (unpaired) electrons. The molecule has 0 aliphatic carbocycles. The Labute approximate surface area is 109 Å². The summed E-state index contributed by atoms with van der Waals surface area (Å²) in [6, 6.07) is 1.26. The molecule has 5 nitrogen and oxygen atoms in total. The van der Waals surface area contributed by atoms with Gasteiger partial charge in [-0.2, -0.15) is 4.98 Å². The van der Waals surface area contributed by atoms with E-state index in [9.17, 15) is 0 Å². The summed E-state index contributed by atoms with van der Waals surface area (Å²) in [5.41, 5.74) is 0. The maximum absolute atomic E-state index is 5.01. The van der Waals surface area contributed by atoms with Crippen molar-refractivity contribution in [1.82, 2.24) is 20.4 Å². The van der Waals surface area contributed by atoms with Gasteiger partial charge in [-0.1, -0.05) is 19.0 Å². The highest BCUT2D eigenvalue weighted by molar-refractivity contribution is 4.89. The predicted molar refractivity (Wildman–Crippen MR) is 70.5 cm³/mol. The van der Waals surface area contributed by atoms with Crippen LogP contribution in [0.1, 0.15) is 38.4 Å². The summed E-state index contributed by atoms with van der Waals surface area (Å²) in [5.74, 6) is 1.48. The van der Waals surface area contributed by atoms with Crippen LogP contribution in [0.2, 0.25) is 0 Å². The highest BCUT2D eigenvalue weighted by Gasteiger charge is 2.25. The van der Waals surface area contributed by atoms with Gasteiger partial charge in [-0.05, 0) is 12.8 Å². The Morgan fingerprint density at radius 3 is 2.83 bits per heavy atom. The topological polar surface area (TPSA) is 54.2 Å². The summed E-state index contributed by atoms with van der Waals surface area (Å²) >= 11 is 0. The van der Waals surface area contributed by atoms with Gasteiger partial charge in [0.15, 0.2) is 5.82 Å². The van der Waals surface area contributed by atoms with Crippen LogP contribution in [0.15, 0.2) is 4.52 Å². The van der Waals surface area contributed by atoms with E-state index in [1.165, 1.54) is 12.8 Å². The summed E-state index contributed by atoms with van der Waals surface area (Å²) in [4.78, 5) is 6.83. The summed E-state index contributed by atoms with van der Waals surface area (Å²) in [7, 11) is 0. The van der Waals surface area contributed by atoms with Gasteiger partial charge in [-0.3, -0.25) is 4.90 Å². The van der Waals surface area contributed by atoms with E-state index in [2.05, 4.69) is 34.2 Å². The first-order valence-electron chi connectivity index (χ1n) is 6.99. The van der Waals surface area contributed by atoms with Gasteiger partial charge >= 0.3 is 0 Å². The van der Waals surface area contributed by atoms with Crippen LogP contribution in [0.3, 0.4) is 0 Å². The molecular weight excluding hydrogens is 228 g/mol. The Bertz CT molecular complexity index is 366. The van der Waals surface area contributed by atoms with Crippen molar-refractivity contribution in [3.63, 3.8) is 0 Å². The molecule has 1 aromatic heterocycles. The Hall–Kier alpha value is -0.940. The zero-order valence-electron chi connectivity index (χ0n) is 11.6. The van der Waals surface area contributed by atoms with Crippen LogP contribution in [-0.4, -0.2) is 46.8 Å². The molecule has 2 rings (SSSR count). The van der Waals surface area contributed by atoms with Crippen molar-refractivity contribution in [1.29, 1.82) is 0 Å². The fourth-order valence-corrected chi connectivity index (χ4v) is 2.56. The maximum Gasteiger partial charge on any atom is 0.223 e. The van der Waals surface area contributed by atoms with Gasteiger partial charge in [-0.25, -0.2) is 0 Å². The monoisotopic (exact) mass is 252 g/mol. The first-order chi connectivity index (χ1) is 8.72. The molecule has 5 heteroatoms. The molecule has 1 aromatic rings. The third-order valence-corrected chi connectivity index (χ3v) is 3.77. The van der Waals surface area contributed by atoms with E-state index >= 15 is 0 Å². The van der Waals surface area contributed by atoms with Crippen molar-refractivity contribution in [2.24, 2.45) is 0 Å². The fraction of sp³-hybridized carbons (Fsp3) is 0.846.